The fraction of sp³-hybridized carbons (Fsp3) is 0.625. The van der Waals surface area contributed by atoms with Crippen LogP contribution in [0, 0.1) is 10.1 Å². The second kappa shape index (κ2) is 10.6. The van der Waals surface area contributed by atoms with E-state index in [-0.39, 0.29) is 10.6 Å². The fourth-order valence-electron chi connectivity index (χ4n) is 2.24. The maximum absolute atomic E-state index is 10.8. The third-order valence-corrected chi connectivity index (χ3v) is 4.20. The van der Waals surface area contributed by atoms with Crippen LogP contribution in [0.5, 0.6) is 0 Å². The lowest BCUT2D eigenvalue weighted by Gasteiger charge is -2.08. The van der Waals surface area contributed by atoms with E-state index in [2.05, 4.69) is 28.2 Å². The zero-order valence-electron chi connectivity index (χ0n) is 12.7. The summed E-state index contributed by atoms with van der Waals surface area (Å²) in [4.78, 5) is 10.4. The molecule has 0 aliphatic carbocycles. The number of hydrogen-bond acceptors (Lipinski definition) is 3. The number of non-ortho nitro benzene ring substituents is 1. The Kier molecular flexibility index (Phi) is 9.06. The molecule has 1 rings (SSSR count). The van der Waals surface area contributed by atoms with E-state index in [4.69, 9.17) is 0 Å². The molecule has 0 unspecified atom stereocenters. The highest BCUT2D eigenvalue weighted by molar-refractivity contribution is 9.10. The van der Waals surface area contributed by atoms with E-state index in [9.17, 15) is 10.1 Å². The van der Waals surface area contributed by atoms with Crippen LogP contribution < -0.4 is 5.32 Å². The Labute approximate surface area is 135 Å². The fourth-order valence-corrected chi connectivity index (χ4v) is 2.63. The second-order valence-electron chi connectivity index (χ2n) is 5.32. The number of nitro benzene ring substituents is 1. The van der Waals surface area contributed by atoms with Gasteiger partial charge in [0.2, 0.25) is 0 Å². The van der Waals surface area contributed by atoms with E-state index in [0.29, 0.717) is 0 Å². The number of nitro groups is 1. The van der Waals surface area contributed by atoms with Gasteiger partial charge < -0.3 is 5.32 Å². The molecule has 1 aromatic rings. The largest absolute Gasteiger partial charge is 0.384 e. The predicted octanol–water partition coefficient (Wildman–Crippen LogP) is 5.91. The summed E-state index contributed by atoms with van der Waals surface area (Å²) in [5.74, 6) is 0. The Morgan fingerprint density at radius 1 is 1.10 bits per heavy atom. The molecule has 0 fully saturated rings. The van der Waals surface area contributed by atoms with Crippen LogP contribution in [-0.4, -0.2) is 11.5 Å². The Hall–Kier alpha value is -1.10. The first kappa shape index (κ1) is 18.0. The predicted molar refractivity (Wildman–Crippen MR) is 91.9 cm³/mol. The minimum absolute atomic E-state index is 0.122. The first-order valence-electron chi connectivity index (χ1n) is 7.83. The quantitative estimate of drug-likeness (QED) is 0.304. The zero-order chi connectivity index (χ0) is 15.5. The highest BCUT2D eigenvalue weighted by Crippen LogP contribution is 2.27. The second-order valence-corrected chi connectivity index (χ2v) is 6.18. The molecule has 0 aromatic heterocycles. The van der Waals surface area contributed by atoms with Gasteiger partial charge in [0.1, 0.15) is 0 Å². The molecule has 118 valence electrons. The first-order valence-corrected chi connectivity index (χ1v) is 8.62. The van der Waals surface area contributed by atoms with E-state index in [1.165, 1.54) is 51.0 Å². The van der Waals surface area contributed by atoms with E-state index in [0.717, 1.165) is 23.1 Å². The van der Waals surface area contributed by atoms with Crippen molar-refractivity contribution in [2.45, 2.75) is 58.3 Å². The molecule has 0 aliphatic rings. The molecule has 0 spiro atoms. The van der Waals surface area contributed by atoms with Crippen LogP contribution in [0.4, 0.5) is 11.4 Å². The molecule has 4 nitrogen and oxygen atoms in total. The highest BCUT2D eigenvalue weighted by atomic mass is 79.9. The summed E-state index contributed by atoms with van der Waals surface area (Å²) in [6.45, 7) is 3.09. The van der Waals surface area contributed by atoms with Gasteiger partial charge in [-0.3, -0.25) is 10.1 Å². The summed E-state index contributed by atoms with van der Waals surface area (Å²) in [6.07, 6.45) is 10.3. The standard InChI is InChI=1S/C16H25BrN2O2/c1-2-3-4-5-6-7-8-9-12-18-16-13-14(19(20)21)10-11-15(16)17/h10-11,13,18H,2-9,12H2,1H3. The topological polar surface area (TPSA) is 55.2 Å². The van der Waals surface area contributed by atoms with Gasteiger partial charge in [-0.05, 0) is 28.4 Å². The van der Waals surface area contributed by atoms with Crippen molar-refractivity contribution in [3.8, 4) is 0 Å². The molecule has 0 saturated carbocycles. The van der Waals surface area contributed by atoms with E-state index >= 15 is 0 Å². The highest BCUT2D eigenvalue weighted by Gasteiger charge is 2.08. The molecular formula is C16H25BrN2O2. The van der Waals surface area contributed by atoms with Gasteiger partial charge in [-0.1, -0.05) is 51.9 Å². The van der Waals surface area contributed by atoms with Crippen molar-refractivity contribution in [2.24, 2.45) is 0 Å². The van der Waals surface area contributed by atoms with E-state index in [1.807, 2.05) is 0 Å². The molecule has 0 heterocycles. The normalized spacial score (nSPS) is 10.6. The van der Waals surface area contributed by atoms with Gasteiger partial charge in [0, 0.05) is 23.2 Å². The SMILES string of the molecule is CCCCCCCCCCNc1cc([N+](=O)[O-])ccc1Br. The minimum Gasteiger partial charge on any atom is -0.384 e. The lowest BCUT2D eigenvalue weighted by molar-refractivity contribution is -0.384. The maximum Gasteiger partial charge on any atom is 0.271 e. The van der Waals surface area contributed by atoms with Crippen LogP contribution in [0.1, 0.15) is 58.3 Å². The zero-order valence-corrected chi connectivity index (χ0v) is 14.3. The average Bonchev–Trinajstić information content (AvgIpc) is 2.47. The summed E-state index contributed by atoms with van der Waals surface area (Å²) in [5, 5.41) is 14.0. The van der Waals surface area contributed by atoms with Crippen molar-refractivity contribution in [3.63, 3.8) is 0 Å². The molecule has 0 saturated heterocycles. The van der Waals surface area contributed by atoms with Crippen molar-refractivity contribution >= 4 is 27.3 Å². The summed E-state index contributed by atoms with van der Waals surface area (Å²) in [6, 6.07) is 4.80. The molecule has 0 bridgehead atoms. The van der Waals surface area contributed by atoms with Gasteiger partial charge in [0.05, 0.1) is 10.6 Å². The summed E-state index contributed by atoms with van der Waals surface area (Å²) in [7, 11) is 0. The van der Waals surface area contributed by atoms with Gasteiger partial charge >= 0.3 is 0 Å². The lowest BCUT2D eigenvalue weighted by atomic mass is 10.1. The maximum atomic E-state index is 10.8. The number of nitrogens with one attached hydrogen (secondary N) is 1. The van der Waals surface area contributed by atoms with Gasteiger partial charge in [-0.15, -0.1) is 0 Å². The number of nitrogens with zero attached hydrogens (tertiary/aromatic N) is 1. The minimum atomic E-state index is -0.367. The van der Waals surface area contributed by atoms with Crippen molar-refractivity contribution in [2.75, 3.05) is 11.9 Å². The Bertz CT molecular complexity index is 438. The van der Waals surface area contributed by atoms with Crippen LogP contribution in [0.15, 0.2) is 22.7 Å². The molecule has 0 amide bonds. The monoisotopic (exact) mass is 356 g/mol. The summed E-state index contributed by atoms with van der Waals surface area (Å²) in [5.41, 5.74) is 0.920. The van der Waals surface area contributed by atoms with Crippen molar-refractivity contribution in [1.82, 2.24) is 0 Å². The summed E-state index contributed by atoms with van der Waals surface area (Å²) < 4.78 is 0.868. The molecule has 5 heteroatoms. The van der Waals surface area contributed by atoms with E-state index < -0.39 is 0 Å². The van der Waals surface area contributed by atoms with Crippen LogP contribution in [0.3, 0.4) is 0 Å². The lowest BCUT2D eigenvalue weighted by Crippen LogP contribution is -2.02. The van der Waals surface area contributed by atoms with Crippen LogP contribution in [0.2, 0.25) is 0 Å². The van der Waals surface area contributed by atoms with Crippen molar-refractivity contribution < 1.29 is 4.92 Å². The number of unbranched alkanes of at least 4 members (excludes halogenated alkanes) is 7. The smallest absolute Gasteiger partial charge is 0.271 e. The van der Waals surface area contributed by atoms with Crippen molar-refractivity contribution in [3.05, 3.63) is 32.8 Å². The number of rotatable bonds is 11. The molecule has 0 radical (unpaired) electrons. The molecule has 0 atom stereocenters. The van der Waals surface area contributed by atoms with Gasteiger partial charge in [0.15, 0.2) is 0 Å². The molecule has 0 aliphatic heterocycles. The van der Waals surface area contributed by atoms with Gasteiger partial charge in [-0.25, -0.2) is 0 Å². The number of hydrogen-bond donors (Lipinski definition) is 1. The summed E-state index contributed by atoms with van der Waals surface area (Å²) >= 11 is 3.41. The van der Waals surface area contributed by atoms with Crippen LogP contribution in [0.25, 0.3) is 0 Å². The first-order chi connectivity index (χ1) is 10.1. The van der Waals surface area contributed by atoms with Gasteiger partial charge in [-0.2, -0.15) is 0 Å². The van der Waals surface area contributed by atoms with Crippen molar-refractivity contribution in [1.29, 1.82) is 0 Å². The Balaban J connectivity index is 2.18. The van der Waals surface area contributed by atoms with Gasteiger partial charge in [0.25, 0.3) is 5.69 Å². The van der Waals surface area contributed by atoms with E-state index in [1.54, 1.807) is 12.1 Å². The molecule has 21 heavy (non-hydrogen) atoms. The Morgan fingerprint density at radius 2 is 1.71 bits per heavy atom. The van der Waals surface area contributed by atoms with Crippen LogP contribution >= 0.6 is 15.9 Å². The number of benzene rings is 1. The van der Waals surface area contributed by atoms with Crippen LogP contribution in [-0.2, 0) is 0 Å². The number of anilines is 1. The molecule has 1 aromatic carbocycles. The third-order valence-electron chi connectivity index (χ3n) is 3.51. The molecular weight excluding hydrogens is 332 g/mol. The Morgan fingerprint density at radius 3 is 2.33 bits per heavy atom. The molecule has 1 N–H and O–H groups in total. The third kappa shape index (κ3) is 7.46. The average molecular weight is 357 g/mol. The number of halogens is 1.